The van der Waals surface area contributed by atoms with Crippen LogP contribution in [0.15, 0.2) is 58.9 Å². The molecule has 1 aliphatic heterocycles. The smallest absolute Gasteiger partial charge is 0.140 e. The summed E-state index contributed by atoms with van der Waals surface area (Å²) in [6.45, 7) is 11.2. The maximum absolute atomic E-state index is 6.27. The van der Waals surface area contributed by atoms with Gasteiger partial charge in [-0.1, -0.05) is 64.3 Å². The minimum Gasteiger partial charge on any atom is -0.481 e. The van der Waals surface area contributed by atoms with Crippen molar-refractivity contribution in [2.45, 2.75) is 84.7 Å². The molecule has 0 N–H and O–H groups in total. The summed E-state index contributed by atoms with van der Waals surface area (Å²) in [6, 6.07) is 0. The third-order valence-electron chi connectivity index (χ3n) is 4.96. The first kappa shape index (κ1) is 18.8. The molecule has 1 heteroatoms. The van der Waals surface area contributed by atoms with Gasteiger partial charge in [-0.25, -0.2) is 0 Å². The van der Waals surface area contributed by atoms with Gasteiger partial charge in [0.05, 0.1) is 0 Å². The van der Waals surface area contributed by atoms with Gasteiger partial charge in [0.15, 0.2) is 0 Å². The highest BCUT2D eigenvalue weighted by Gasteiger charge is 2.27. The quantitative estimate of drug-likeness (QED) is 0.365. The van der Waals surface area contributed by atoms with Crippen LogP contribution in [0, 0.1) is 0 Å². The summed E-state index contributed by atoms with van der Waals surface area (Å²) >= 11 is 0. The molecule has 0 amide bonds. The average Bonchev–Trinajstić information content (AvgIpc) is 3.17. The molecule has 0 fully saturated rings. The molecule has 24 heavy (non-hydrogen) atoms. The highest BCUT2D eigenvalue weighted by Crippen LogP contribution is 2.37. The van der Waals surface area contributed by atoms with Gasteiger partial charge in [-0.05, 0) is 61.8 Å². The third-order valence-corrected chi connectivity index (χ3v) is 4.96. The van der Waals surface area contributed by atoms with Crippen LogP contribution in [-0.4, -0.2) is 6.10 Å². The minimum absolute atomic E-state index is 0.119. The van der Waals surface area contributed by atoms with Crippen LogP contribution in [0.3, 0.4) is 0 Å². The predicted molar refractivity (Wildman–Crippen MR) is 105 cm³/mol. The topological polar surface area (TPSA) is 9.23 Å². The zero-order chi connectivity index (χ0) is 17.4. The second kappa shape index (κ2) is 9.71. The lowest BCUT2D eigenvalue weighted by atomic mass is 9.87. The van der Waals surface area contributed by atoms with Gasteiger partial charge in [-0.2, -0.15) is 0 Å². The Morgan fingerprint density at radius 3 is 2.33 bits per heavy atom. The Morgan fingerprint density at radius 2 is 1.67 bits per heavy atom. The SMILES string of the molecule is C=C(CCCC)C(CCCC)=C(CCCC)C1C=C2C=CC=C2O1. The Balaban J connectivity index is 2.29. The number of hydrogen-bond donors (Lipinski definition) is 0. The zero-order valence-corrected chi connectivity index (χ0v) is 15.9. The Hall–Kier alpha value is -1.50. The van der Waals surface area contributed by atoms with Gasteiger partial charge in [0.2, 0.25) is 0 Å². The fraction of sp³-hybridized carbons (Fsp3) is 0.565. The lowest BCUT2D eigenvalue weighted by molar-refractivity contribution is 0.205. The Kier molecular flexibility index (Phi) is 7.62. The van der Waals surface area contributed by atoms with Gasteiger partial charge < -0.3 is 4.74 Å². The highest BCUT2D eigenvalue weighted by atomic mass is 16.5. The van der Waals surface area contributed by atoms with Crippen LogP contribution in [-0.2, 0) is 4.74 Å². The first-order valence-corrected chi connectivity index (χ1v) is 9.88. The van der Waals surface area contributed by atoms with Crippen LogP contribution < -0.4 is 0 Å². The van der Waals surface area contributed by atoms with Crippen molar-refractivity contribution in [3.63, 3.8) is 0 Å². The van der Waals surface area contributed by atoms with E-state index in [1.165, 1.54) is 60.8 Å². The third kappa shape index (κ3) is 4.75. The number of fused-ring (bicyclic) bond motifs is 1. The molecule has 0 aromatic rings. The maximum atomic E-state index is 6.27. The van der Waals surface area contributed by atoms with E-state index in [1.54, 1.807) is 0 Å². The van der Waals surface area contributed by atoms with E-state index in [-0.39, 0.29) is 6.10 Å². The summed E-state index contributed by atoms with van der Waals surface area (Å²) in [5.74, 6) is 1.04. The van der Waals surface area contributed by atoms with E-state index >= 15 is 0 Å². The molecule has 1 unspecified atom stereocenters. The number of ether oxygens (including phenoxy) is 1. The van der Waals surface area contributed by atoms with Gasteiger partial charge in [-0.3, -0.25) is 0 Å². The summed E-state index contributed by atoms with van der Waals surface area (Å²) in [5, 5.41) is 0. The van der Waals surface area contributed by atoms with Crippen molar-refractivity contribution in [1.82, 2.24) is 0 Å². The molecule has 1 heterocycles. The van der Waals surface area contributed by atoms with Gasteiger partial charge in [0, 0.05) is 5.57 Å². The summed E-state index contributed by atoms with van der Waals surface area (Å²) in [6.07, 6.45) is 19.5. The second-order valence-corrected chi connectivity index (χ2v) is 6.97. The minimum atomic E-state index is 0.119. The summed E-state index contributed by atoms with van der Waals surface area (Å²) in [4.78, 5) is 0. The summed E-state index contributed by atoms with van der Waals surface area (Å²) in [7, 11) is 0. The second-order valence-electron chi connectivity index (χ2n) is 6.97. The Bertz CT molecular complexity index is 557. The molecule has 0 aromatic heterocycles. The molecule has 0 spiro atoms. The first-order chi connectivity index (χ1) is 11.7. The van der Waals surface area contributed by atoms with E-state index in [4.69, 9.17) is 4.74 Å². The normalized spacial score (nSPS) is 19.5. The largest absolute Gasteiger partial charge is 0.481 e. The Morgan fingerprint density at radius 1 is 1.00 bits per heavy atom. The number of allylic oxidation sites excluding steroid dienone is 5. The maximum Gasteiger partial charge on any atom is 0.140 e. The highest BCUT2D eigenvalue weighted by molar-refractivity contribution is 5.51. The van der Waals surface area contributed by atoms with Crippen LogP contribution in [0.25, 0.3) is 0 Å². The molecule has 2 aliphatic rings. The molecule has 2 rings (SSSR count). The molecule has 1 nitrogen and oxygen atoms in total. The monoisotopic (exact) mass is 326 g/mol. The van der Waals surface area contributed by atoms with E-state index in [0.717, 1.165) is 25.0 Å². The lowest BCUT2D eigenvalue weighted by Gasteiger charge is -2.22. The van der Waals surface area contributed by atoms with Crippen LogP contribution in [0.4, 0.5) is 0 Å². The van der Waals surface area contributed by atoms with Gasteiger partial charge in [0.25, 0.3) is 0 Å². The number of unbranched alkanes of at least 4 members (excludes halogenated alkanes) is 3. The summed E-state index contributed by atoms with van der Waals surface area (Å²) < 4.78 is 6.27. The molecular formula is C23H34O. The molecular weight excluding hydrogens is 292 g/mol. The number of rotatable bonds is 11. The van der Waals surface area contributed by atoms with Crippen molar-refractivity contribution in [3.8, 4) is 0 Å². The average molecular weight is 327 g/mol. The van der Waals surface area contributed by atoms with Gasteiger partial charge in [-0.15, -0.1) is 0 Å². The van der Waals surface area contributed by atoms with E-state index in [9.17, 15) is 0 Å². The Labute approximate surface area is 148 Å². The molecule has 0 bridgehead atoms. The molecule has 1 atom stereocenters. The lowest BCUT2D eigenvalue weighted by Crippen LogP contribution is -2.12. The fourth-order valence-electron chi connectivity index (χ4n) is 3.46. The number of hydrogen-bond acceptors (Lipinski definition) is 1. The van der Waals surface area contributed by atoms with Crippen LogP contribution in [0.2, 0.25) is 0 Å². The molecule has 1 aliphatic carbocycles. The summed E-state index contributed by atoms with van der Waals surface area (Å²) in [5.41, 5.74) is 5.59. The molecule has 0 saturated carbocycles. The fourth-order valence-corrected chi connectivity index (χ4v) is 3.46. The van der Waals surface area contributed by atoms with Gasteiger partial charge >= 0.3 is 0 Å². The van der Waals surface area contributed by atoms with Crippen molar-refractivity contribution >= 4 is 0 Å². The van der Waals surface area contributed by atoms with Crippen molar-refractivity contribution in [2.24, 2.45) is 0 Å². The van der Waals surface area contributed by atoms with E-state index in [2.05, 4.69) is 51.7 Å². The standard InChI is InChI=1S/C23H34O/c1-5-8-12-18(4)20(14-9-6-2)21(15-10-7-3)23-17-19-13-11-16-22(19)24-23/h11,13,16-17,23H,4-10,12,14-15H2,1-3H3. The zero-order valence-electron chi connectivity index (χ0n) is 15.9. The van der Waals surface area contributed by atoms with Gasteiger partial charge in [0.1, 0.15) is 11.9 Å². The molecule has 0 saturated heterocycles. The van der Waals surface area contributed by atoms with Crippen LogP contribution >= 0.6 is 0 Å². The van der Waals surface area contributed by atoms with Crippen molar-refractivity contribution < 1.29 is 4.74 Å². The predicted octanol–water partition coefficient (Wildman–Crippen LogP) is 7.19. The van der Waals surface area contributed by atoms with Crippen molar-refractivity contribution in [2.75, 3.05) is 0 Å². The van der Waals surface area contributed by atoms with E-state index in [1.807, 2.05) is 0 Å². The van der Waals surface area contributed by atoms with Crippen molar-refractivity contribution in [3.05, 3.63) is 58.9 Å². The van der Waals surface area contributed by atoms with E-state index in [0.29, 0.717) is 0 Å². The molecule has 0 radical (unpaired) electrons. The van der Waals surface area contributed by atoms with Crippen LogP contribution in [0.1, 0.15) is 78.6 Å². The van der Waals surface area contributed by atoms with E-state index < -0.39 is 0 Å². The van der Waals surface area contributed by atoms with Crippen LogP contribution in [0.5, 0.6) is 0 Å². The molecule has 132 valence electrons. The first-order valence-electron chi connectivity index (χ1n) is 9.88. The molecule has 0 aromatic carbocycles. The van der Waals surface area contributed by atoms with Crippen molar-refractivity contribution in [1.29, 1.82) is 0 Å².